The number of aryl methyl sites for hydroxylation is 2. The van der Waals surface area contributed by atoms with Gasteiger partial charge in [0.1, 0.15) is 5.52 Å². The molecule has 2 aromatic heterocycles. The molecule has 0 bridgehead atoms. The van der Waals surface area contributed by atoms with Crippen LogP contribution in [0.25, 0.3) is 10.9 Å². The first-order valence-electron chi connectivity index (χ1n) is 10.9. The van der Waals surface area contributed by atoms with Gasteiger partial charge in [-0.15, -0.1) is 0 Å². The predicted molar refractivity (Wildman–Crippen MR) is 117 cm³/mol. The van der Waals surface area contributed by atoms with Crippen LogP contribution in [-0.2, 0) is 17.9 Å². The lowest BCUT2D eigenvalue weighted by Gasteiger charge is -2.32. The topological polar surface area (TPSA) is 81.5 Å². The number of amides is 1. The number of fused-ring (bicyclic) bond motifs is 2. The Hall–Kier alpha value is -3.29. The van der Waals surface area contributed by atoms with Crippen LogP contribution in [0.3, 0.4) is 0 Å². The molecule has 8 heteroatoms. The number of ether oxygens (including phenoxy) is 2. The fourth-order valence-corrected chi connectivity index (χ4v) is 4.47. The van der Waals surface area contributed by atoms with Crippen LogP contribution >= 0.6 is 0 Å². The first-order valence-corrected chi connectivity index (χ1v) is 10.9. The summed E-state index contributed by atoms with van der Waals surface area (Å²) in [6, 6.07) is 7.81. The number of rotatable bonds is 5. The quantitative estimate of drug-likeness (QED) is 0.682. The van der Waals surface area contributed by atoms with Crippen molar-refractivity contribution in [1.29, 1.82) is 0 Å². The molecule has 1 aromatic carbocycles. The highest BCUT2D eigenvalue weighted by atomic mass is 16.7. The first kappa shape index (κ1) is 19.7. The van der Waals surface area contributed by atoms with E-state index in [0.717, 1.165) is 72.0 Å². The van der Waals surface area contributed by atoms with Gasteiger partial charge >= 0.3 is 0 Å². The molecule has 8 nitrogen and oxygen atoms in total. The molecule has 0 unspecified atom stereocenters. The molecule has 0 saturated carbocycles. The molecule has 0 spiro atoms. The van der Waals surface area contributed by atoms with Gasteiger partial charge in [-0.25, -0.2) is 4.98 Å². The normalized spacial score (nSPS) is 16.1. The minimum absolute atomic E-state index is 0.0160. The maximum atomic E-state index is 12.7. The van der Waals surface area contributed by atoms with Crippen molar-refractivity contribution in [2.75, 3.05) is 24.8 Å². The molecule has 1 fully saturated rings. The molecule has 1 amide bonds. The van der Waals surface area contributed by atoms with Crippen molar-refractivity contribution >= 4 is 22.6 Å². The molecule has 0 atom stereocenters. The zero-order valence-corrected chi connectivity index (χ0v) is 17.9. The predicted octanol–water partition coefficient (Wildman–Crippen LogP) is 3.02. The fourth-order valence-electron chi connectivity index (χ4n) is 4.47. The number of carbonyl (C=O) groups excluding carboxylic acids is 1. The van der Waals surface area contributed by atoms with Crippen LogP contribution in [0.5, 0.6) is 11.5 Å². The van der Waals surface area contributed by atoms with E-state index in [1.807, 2.05) is 42.1 Å². The second-order valence-electron chi connectivity index (χ2n) is 8.10. The standard InChI is InChI=1S/C23H27N5O3/c1-3-28-21-18(15(2)26-28)6-9-24-22(21)27-10-7-17(8-11-27)23(29)25-13-16-4-5-19-20(12-16)31-14-30-19/h4-6,9,12,17H,3,7-8,10-11,13-14H2,1-2H3,(H,25,29). The van der Waals surface area contributed by atoms with Crippen molar-refractivity contribution < 1.29 is 14.3 Å². The third-order valence-electron chi connectivity index (χ3n) is 6.19. The van der Waals surface area contributed by atoms with Crippen LogP contribution in [-0.4, -0.2) is 40.6 Å². The van der Waals surface area contributed by atoms with Crippen molar-refractivity contribution in [3.8, 4) is 11.5 Å². The number of hydrogen-bond acceptors (Lipinski definition) is 6. The zero-order chi connectivity index (χ0) is 21.4. The maximum Gasteiger partial charge on any atom is 0.231 e. The molecule has 3 aromatic rings. The third kappa shape index (κ3) is 3.66. The van der Waals surface area contributed by atoms with Crippen LogP contribution < -0.4 is 19.7 Å². The Labute approximate surface area is 181 Å². The number of aromatic nitrogens is 3. The molecule has 31 heavy (non-hydrogen) atoms. The van der Waals surface area contributed by atoms with Gasteiger partial charge in [0.25, 0.3) is 0 Å². The van der Waals surface area contributed by atoms with Crippen LogP contribution in [0.2, 0.25) is 0 Å². The fraction of sp³-hybridized carbons (Fsp3) is 0.435. The average molecular weight is 422 g/mol. The van der Waals surface area contributed by atoms with Gasteiger partial charge in [-0.05, 0) is 50.5 Å². The summed E-state index contributed by atoms with van der Waals surface area (Å²) in [7, 11) is 0. The smallest absolute Gasteiger partial charge is 0.231 e. The van der Waals surface area contributed by atoms with Gasteiger partial charge in [0, 0.05) is 43.7 Å². The summed E-state index contributed by atoms with van der Waals surface area (Å²) < 4.78 is 12.8. The Morgan fingerprint density at radius 1 is 1.19 bits per heavy atom. The number of piperidine rings is 1. The Balaban J connectivity index is 1.22. The van der Waals surface area contributed by atoms with Crippen LogP contribution in [0.15, 0.2) is 30.5 Å². The van der Waals surface area contributed by atoms with Gasteiger partial charge < -0.3 is 19.7 Å². The molecule has 2 aliphatic rings. The lowest BCUT2D eigenvalue weighted by Crippen LogP contribution is -2.40. The molecular weight excluding hydrogens is 394 g/mol. The first-order chi connectivity index (χ1) is 15.1. The monoisotopic (exact) mass is 421 g/mol. The van der Waals surface area contributed by atoms with E-state index in [0.29, 0.717) is 6.54 Å². The second-order valence-corrected chi connectivity index (χ2v) is 8.10. The van der Waals surface area contributed by atoms with Crippen LogP contribution in [0.1, 0.15) is 31.0 Å². The molecule has 0 radical (unpaired) electrons. The minimum Gasteiger partial charge on any atom is -0.454 e. The SMILES string of the molecule is CCn1nc(C)c2ccnc(N3CCC(C(=O)NCc4ccc5c(c4)OCO5)CC3)c21. The molecule has 1 saturated heterocycles. The van der Waals surface area contributed by atoms with E-state index < -0.39 is 0 Å². The van der Waals surface area contributed by atoms with Crippen molar-refractivity contribution in [2.24, 2.45) is 5.92 Å². The summed E-state index contributed by atoms with van der Waals surface area (Å²) in [5, 5.41) is 8.88. The van der Waals surface area contributed by atoms with E-state index >= 15 is 0 Å². The molecule has 162 valence electrons. The van der Waals surface area contributed by atoms with Crippen molar-refractivity contribution in [3.63, 3.8) is 0 Å². The van der Waals surface area contributed by atoms with Crippen LogP contribution in [0.4, 0.5) is 5.82 Å². The molecule has 2 aliphatic heterocycles. The largest absolute Gasteiger partial charge is 0.454 e. The average Bonchev–Trinajstić information content (AvgIpc) is 3.41. The Kier molecular flexibility index (Phi) is 5.13. The lowest BCUT2D eigenvalue weighted by atomic mass is 9.95. The van der Waals surface area contributed by atoms with Gasteiger partial charge in [-0.3, -0.25) is 9.48 Å². The molecule has 5 rings (SSSR count). The summed E-state index contributed by atoms with van der Waals surface area (Å²) in [6.07, 6.45) is 3.48. The van der Waals surface area contributed by atoms with Gasteiger partial charge in [-0.1, -0.05) is 6.07 Å². The number of benzene rings is 1. The Morgan fingerprint density at radius 2 is 2.00 bits per heavy atom. The third-order valence-corrected chi connectivity index (χ3v) is 6.19. The molecule has 1 N–H and O–H groups in total. The van der Waals surface area contributed by atoms with E-state index in [9.17, 15) is 4.79 Å². The van der Waals surface area contributed by atoms with E-state index in [2.05, 4.69) is 27.2 Å². The minimum atomic E-state index is 0.0160. The zero-order valence-electron chi connectivity index (χ0n) is 17.9. The number of nitrogens with one attached hydrogen (secondary N) is 1. The lowest BCUT2D eigenvalue weighted by molar-refractivity contribution is -0.125. The summed E-state index contributed by atoms with van der Waals surface area (Å²) >= 11 is 0. The van der Waals surface area contributed by atoms with Gasteiger partial charge in [0.2, 0.25) is 12.7 Å². The number of pyridine rings is 1. The van der Waals surface area contributed by atoms with Gasteiger partial charge in [0.05, 0.1) is 5.69 Å². The highest BCUT2D eigenvalue weighted by Crippen LogP contribution is 2.33. The number of carbonyl (C=O) groups is 1. The van der Waals surface area contributed by atoms with Gasteiger partial charge in [0.15, 0.2) is 17.3 Å². The van der Waals surface area contributed by atoms with E-state index in [4.69, 9.17) is 9.47 Å². The molecular formula is C23H27N5O3. The van der Waals surface area contributed by atoms with E-state index in [-0.39, 0.29) is 18.6 Å². The Bertz CT molecular complexity index is 1120. The summed E-state index contributed by atoms with van der Waals surface area (Å²) in [5.41, 5.74) is 3.13. The molecule has 4 heterocycles. The maximum absolute atomic E-state index is 12.7. The second kappa shape index (κ2) is 8.09. The molecule has 0 aliphatic carbocycles. The summed E-state index contributed by atoms with van der Waals surface area (Å²) in [4.78, 5) is 19.7. The highest BCUT2D eigenvalue weighted by Gasteiger charge is 2.27. The Morgan fingerprint density at radius 3 is 2.81 bits per heavy atom. The van der Waals surface area contributed by atoms with Crippen LogP contribution in [0, 0.1) is 12.8 Å². The van der Waals surface area contributed by atoms with Crippen molar-refractivity contribution in [1.82, 2.24) is 20.1 Å². The summed E-state index contributed by atoms with van der Waals surface area (Å²) in [6.45, 7) is 7.30. The number of hydrogen-bond donors (Lipinski definition) is 1. The van der Waals surface area contributed by atoms with E-state index in [1.165, 1.54) is 0 Å². The number of nitrogens with zero attached hydrogens (tertiary/aromatic N) is 4. The summed E-state index contributed by atoms with van der Waals surface area (Å²) in [5.74, 6) is 2.59. The van der Waals surface area contributed by atoms with Crippen molar-refractivity contribution in [2.45, 2.75) is 39.8 Å². The van der Waals surface area contributed by atoms with Gasteiger partial charge in [-0.2, -0.15) is 5.10 Å². The van der Waals surface area contributed by atoms with E-state index in [1.54, 1.807) is 0 Å². The highest BCUT2D eigenvalue weighted by molar-refractivity contribution is 5.91. The van der Waals surface area contributed by atoms with Crippen molar-refractivity contribution in [3.05, 3.63) is 41.7 Å². The number of anilines is 1.